The molecule has 0 amide bonds. The molecule has 5 heterocycles. The van der Waals surface area contributed by atoms with Gasteiger partial charge in [0.1, 0.15) is 17.5 Å². The third-order valence-corrected chi connectivity index (χ3v) is 4.95. The van der Waals surface area contributed by atoms with Crippen LogP contribution in [0, 0.1) is 27.7 Å². The van der Waals surface area contributed by atoms with E-state index in [0.717, 1.165) is 50.7 Å². The summed E-state index contributed by atoms with van der Waals surface area (Å²) in [7, 11) is 0. The number of pyridine rings is 2. The van der Waals surface area contributed by atoms with E-state index in [4.69, 9.17) is 0 Å². The number of fused-ring (bicyclic) bond motifs is 3. The van der Waals surface area contributed by atoms with Gasteiger partial charge in [-0.1, -0.05) is 6.07 Å². The summed E-state index contributed by atoms with van der Waals surface area (Å²) in [5.74, 6) is 2.60. The summed E-state index contributed by atoms with van der Waals surface area (Å²) in [4.78, 5) is 31.4. The molecule has 0 aliphatic carbocycles. The molecule has 8 nitrogen and oxygen atoms in total. The van der Waals surface area contributed by atoms with Gasteiger partial charge in [-0.2, -0.15) is 0 Å². The Bertz CT molecular complexity index is 1480. The first-order valence-electron chi connectivity index (χ1n) is 10.0. The number of hydrogen-bond donors (Lipinski definition) is 3. The van der Waals surface area contributed by atoms with Crippen LogP contribution in [0.15, 0.2) is 42.7 Å². The molecule has 0 aliphatic heterocycles. The zero-order valence-corrected chi connectivity index (χ0v) is 17.8. The number of hydrogen-bond acceptors (Lipinski definition) is 5. The Morgan fingerprint density at radius 1 is 0.613 bits per heavy atom. The third kappa shape index (κ3) is 3.75. The number of aromatic nitrogens is 8. The second-order valence-corrected chi connectivity index (χ2v) is 7.73. The molecule has 31 heavy (non-hydrogen) atoms. The molecule has 6 rings (SSSR count). The first-order chi connectivity index (χ1) is 14.9. The maximum absolute atomic E-state index is 4.52. The smallest absolute Gasteiger partial charge is 0.180 e. The van der Waals surface area contributed by atoms with Crippen molar-refractivity contribution in [3.63, 3.8) is 0 Å². The van der Waals surface area contributed by atoms with Crippen LogP contribution in [-0.2, 0) is 0 Å². The van der Waals surface area contributed by atoms with Crippen LogP contribution < -0.4 is 0 Å². The van der Waals surface area contributed by atoms with Crippen LogP contribution in [0.3, 0.4) is 0 Å². The molecule has 0 unspecified atom stereocenters. The summed E-state index contributed by atoms with van der Waals surface area (Å²) < 4.78 is 0. The zero-order chi connectivity index (χ0) is 21.5. The van der Waals surface area contributed by atoms with Gasteiger partial charge < -0.3 is 15.0 Å². The van der Waals surface area contributed by atoms with E-state index >= 15 is 0 Å². The van der Waals surface area contributed by atoms with Crippen molar-refractivity contribution < 1.29 is 0 Å². The number of imidazole rings is 3. The fourth-order valence-corrected chi connectivity index (χ4v) is 3.56. The van der Waals surface area contributed by atoms with Gasteiger partial charge in [-0.3, -0.25) is 4.98 Å². The molecule has 6 aromatic rings. The number of nitrogens with zero attached hydrogens (tertiary/aromatic N) is 5. The molecular weight excluding hydrogens is 388 g/mol. The van der Waals surface area contributed by atoms with Gasteiger partial charge in [-0.15, -0.1) is 0 Å². The Morgan fingerprint density at radius 2 is 1.35 bits per heavy atom. The Labute approximate surface area is 178 Å². The van der Waals surface area contributed by atoms with Gasteiger partial charge in [0.2, 0.25) is 0 Å². The van der Waals surface area contributed by atoms with Crippen molar-refractivity contribution in [2.75, 3.05) is 0 Å². The van der Waals surface area contributed by atoms with Gasteiger partial charge in [0, 0.05) is 18.0 Å². The van der Waals surface area contributed by atoms with Gasteiger partial charge in [0.25, 0.3) is 0 Å². The topological polar surface area (TPSA) is 112 Å². The van der Waals surface area contributed by atoms with Crippen LogP contribution in [-0.4, -0.2) is 39.9 Å². The number of aryl methyl sites for hydroxylation is 4. The zero-order valence-electron chi connectivity index (χ0n) is 17.8. The van der Waals surface area contributed by atoms with E-state index in [2.05, 4.69) is 58.9 Å². The normalized spacial score (nSPS) is 11.2. The predicted molar refractivity (Wildman–Crippen MR) is 122 cm³/mol. The maximum atomic E-state index is 4.52. The van der Waals surface area contributed by atoms with E-state index in [1.807, 2.05) is 45.2 Å². The lowest BCUT2D eigenvalue weighted by Crippen LogP contribution is -1.84. The summed E-state index contributed by atoms with van der Waals surface area (Å²) in [6.07, 6.45) is 3.61. The number of H-pyrrole nitrogens is 3. The van der Waals surface area contributed by atoms with Gasteiger partial charge in [-0.05, 0) is 63.1 Å². The number of nitrogens with one attached hydrogen (secondary N) is 3. The Kier molecular flexibility index (Phi) is 4.47. The highest BCUT2D eigenvalue weighted by molar-refractivity contribution is 5.87. The lowest BCUT2D eigenvalue weighted by Gasteiger charge is -1.96. The van der Waals surface area contributed by atoms with Crippen molar-refractivity contribution in [1.29, 1.82) is 0 Å². The summed E-state index contributed by atoms with van der Waals surface area (Å²) in [6.45, 7) is 7.96. The van der Waals surface area contributed by atoms with Crippen LogP contribution in [0.25, 0.3) is 44.7 Å². The average Bonchev–Trinajstić information content (AvgIpc) is 3.40. The molecule has 0 bridgehead atoms. The quantitative estimate of drug-likeness (QED) is 0.364. The lowest BCUT2D eigenvalue weighted by molar-refractivity contribution is 1.16. The number of benzene rings is 1. The van der Waals surface area contributed by atoms with E-state index in [-0.39, 0.29) is 0 Å². The summed E-state index contributed by atoms with van der Waals surface area (Å²) in [6, 6.07) is 10.2. The molecule has 0 aliphatic rings. The highest BCUT2D eigenvalue weighted by Gasteiger charge is 2.10. The summed E-state index contributed by atoms with van der Waals surface area (Å²) in [5.41, 5.74) is 8.65. The average molecular weight is 410 g/mol. The number of rotatable bonds is 1. The first-order valence-corrected chi connectivity index (χ1v) is 10.0. The molecule has 0 saturated carbocycles. The third-order valence-electron chi connectivity index (χ3n) is 4.95. The molecule has 0 atom stereocenters. The van der Waals surface area contributed by atoms with Crippen molar-refractivity contribution >= 4 is 33.4 Å². The van der Waals surface area contributed by atoms with Crippen LogP contribution >= 0.6 is 0 Å². The Balaban J connectivity index is 0.000000157. The Hall–Kier alpha value is -4.07. The first kappa shape index (κ1) is 18.9. The molecule has 0 radical (unpaired) electrons. The minimum Gasteiger partial charge on any atom is -0.342 e. The second kappa shape index (κ2) is 7.32. The SMILES string of the molecule is Cc1ccc2nc(C)[nH]c2c1.Cc1cncc(-c2nc3nc4nc(C)[nH]c4cc3[nH]2)c1. The highest BCUT2D eigenvalue weighted by Crippen LogP contribution is 2.22. The second-order valence-electron chi connectivity index (χ2n) is 7.73. The minimum atomic E-state index is 0.667. The molecule has 5 aromatic heterocycles. The van der Waals surface area contributed by atoms with E-state index in [1.165, 1.54) is 5.56 Å². The van der Waals surface area contributed by atoms with Crippen LogP contribution in [0.5, 0.6) is 0 Å². The van der Waals surface area contributed by atoms with Gasteiger partial charge in [0.05, 0.1) is 22.1 Å². The van der Waals surface area contributed by atoms with E-state index in [9.17, 15) is 0 Å². The molecule has 3 N–H and O–H groups in total. The predicted octanol–water partition coefficient (Wildman–Crippen LogP) is 4.69. The fraction of sp³-hybridized carbons (Fsp3) is 0.174. The molecule has 0 saturated heterocycles. The molecule has 0 fully saturated rings. The van der Waals surface area contributed by atoms with Crippen LogP contribution in [0.1, 0.15) is 22.8 Å². The van der Waals surface area contributed by atoms with Crippen molar-refractivity contribution in [3.05, 3.63) is 65.5 Å². The van der Waals surface area contributed by atoms with Crippen molar-refractivity contribution in [2.45, 2.75) is 27.7 Å². The highest BCUT2D eigenvalue weighted by atomic mass is 15.0. The standard InChI is InChI=1S/C14H12N6.C9H10N2/c1-7-3-9(6-15-5-7)12-18-11-4-10-13(17-8(2)16-10)20-14(11)19-12;1-6-3-4-8-9(5-6)11-7(2)10-8/h3-6H,1-2H3,(H2,16,17,18,19,20);3-5H,1-2H3,(H,10,11). The molecule has 8 heteroatoms. The monoisotopic (exact) mass is 410 g/mol. The van der Waals surface area contributed by atoms with Gasteiger partial charge in [-0.25, -0.2) is 19.9 Å². The maximum Gasteiger partial charge on any atom is 0.180 e. The largest absolute Gasteiger partial charge is 0.342 e. The molecule has 154 valence electrons. The Morgan fingerprint density at radius 3 is 2.19 bits per heavy atom. The molecule has 1 aromatic carbocycles. The van der Waals surface area contributed by atoms with Gasteiger partial charge >= 0.3 is 0 Å². The van der Waals surface area contributed by atoms with Crippen molar-refractivity contribution in [1.82, 2.24) is 39.9 Å². The van der Waals surface area contributed by atoms with Gasteiger partial charge in [0.15, 0.2) is 11.3 Å². The fourth-order valence-electron chi connectivity index (χ4n) is 3.56. The number of aromatic amines is 3. The lowest BCUT2D eigenvalue weighted by atomic mass is 10.2. The molecular formula is C23H22N8. The van der Waals surface area contributed by atoms with E-state index in [1.54, 1.807) is 6.20 Å². The van der Waals surface area contributed by atoms with Crippen LogP contribution in [0.2, 0.25) is 0 Å². The van der Waals surface area contributed by atoms with Crippen molar-refractivity contribution in [3.8, 4) is 11.4 Å². The summed E-state index contributed by atoms with van der Waals surface area (Å²) in [5, 5.41) is 0. The van der Waals surface area contributed by atoms with E-state index in [0.29, 0.717) is 11.3 Å². The summed E-state index contributed by atoms with van der Waals surface area (Å²) >= 11 is 0. The molecule has 0 spiro atoms. The van der Waals surface area contributed by atoms with Crippen molar-refractivity contribution in [2.24, 2.45) is 0 Å². The minimum absolute atomic E-state index is 0.667. The van der Waals surface area contributed by atoms with Crippen LogP contribution in [0.4, 0.5) is 0 Å². The van der Waals surface area contributed by atoms with E-state index < -0.39 is 0 Å².